The molecule has 1 N–H and O–H groups in total. The lowest BCUT2D eigenvalue weighted by Gasteiger charge is -2.32. The first-order valence-electron chi connectivity index (χ1n) is 10.3. The summed E-state index contributed by atoms with van der Waals surface area (Å²) < 4.78 is 2.06. The first-order valence-corrected chi connectivity index (χ1v) is 10.3. The molecule has 4 aromatic rings. The number of hydrogen-bond acceptors (Lipinski definition) is 1. The smallest absolute Gasteiger partial charge is 0.253 e. The molecule has 1 aliphatic heterocycles. The Balaban J connectivity index is 1.32. The number of aromatic amines is 1. The number of nitrogens with zero attached hydrogens (tertiary/aromatic N) is 2. The number of benzene rings is 2. The van der Waals surface area contributed by atoms with Gasteiger partial charge in [0.05, 0.1) is 0 Å². The lowest BCUT2D eigenvalue weighted by molar-refractivity contribution is 0.0713. The van der Waals surface area contributed by atoms with Gasteiger partial charge in [-0.05, 0) is 67.1 Å². The Labute approximate surface area is 170 Å². The van der Waals surface area contributed by atoms with Crippen LogP contribution in [0, 0.1) is 6.92 Å². The number of carbonyl (C=O) groups excluding carboxylic acids is 1. The zero-order valence-corrected chi connectivity index (χ0v) is 16.6. The Kier molecular flexibility index (Phi) is 4.47. The van der Waals surface area contributed by atoms with Crippen LogP contribution in [0.2, 0.25) is 0 Å². The van der Waals surface area contributed by atoms with Crippen molar-refractivity contribution in [3.63, 3.8) is 0 Å². The highest BCUT2D eigenvalue weighted by molar-refractivity contribution is 5.95. The van der Waals surface area contributed by atoms with Crippen molar-refractivity contribution in [2.45, 2.75) is 25.7 Å². The fraction of sp³-hybridized carbons (Fsp3) is 0.240. The summed E-state index contributed by atoms with van der Waals surface area (Å²) in [6, 6.07) is 18.5. The van der Waals surface area contributed by atoms with E-state index in [9.17, 15) is 4.79 Å². The number of hydrogen-bond donors (Lipinski definition) is 1. The molecule has 146 valence electrons. The van der Waals surface area contributed by atoms with Gasteiger partial charge in [-0.2, -0.15) is 0 Å². The third kappa shape index (κ3) is 3.25. The molecule has 0 atom stereocenters. The molecular weight excluding hydrogens is 358 g/mol. The monoisotopic (exact) mass is 383 g/mol. The highest BCUT2D eigenvalue weighted by Crippen LogP contribution is 2.33. The number of amides is 1. The van der Waals surface area contributed by atoms with Gasteiger partial charge in [0.1, 0.15) is 0 Å². The van der Waals surface area contributed by atoms with Crippen molar-refractivity contribution in [3.8, 4) is 5.69 Å². The van der Waals surface area contributed by atoms with E-state index in [-0.39, 0.29) is 5.91 Å². The van der Waals surface area contributed by atoms with E-state index in [0.717, 1.165) is 42.7 Å². The highest BCUT2D eigenvalue weighted by atomic mass is 16.2. The standard InChI is InChI=1S/C25H25N3O/c1-18-8-9-20(16-24(18)27-12-4-5-13-27)25(29)28-14-10-19(11-15-28)22-17-26-23-7-3-2-6-21(22)23/h2-9,12-13,16-17,19,26H,10-11,14-15H2,1H3. The van der Waals surface area contributed by atoms with Crippen molar-refractivity contribution in [2.75, 3.05) is 13.1 Å². The second kappa shape index (κ2) is 7.28. The van der Waals surface area contributed by atoms with Crippen molar-refractivity contribution in [1.29, 1.82) is 0 Å². The minimum atomic E-state index is 0.135. The molecule has 4 heteroatoms. The van der Waals surface area contributed by atoms with E-state index in [1.54, 1.807) is 0 Å². The zero-order chi connectivity index (χ0) is 19.8. The van der Waals surface area contributed by atoms with Gasteiger partial charge in [0.25, 0.3) is 5.91 Å². The number of para-hydroxylation sites is 1. The maximum atomic E-state index is 13.1. The van der Waals surface area contributed by atoms with E-state index in [4.69, 9.17) is 0 Å². The Hall–Kier alpha value is -3.27. The molecule has 0 saturated carbocycles. The minimum absolute atomic E-state index is 0.135. The van der Waals surface area contributed by atoms with Crippen LogP contribution < -0.4 is 0 Å². The molecule has 0 spiro atoms. The van der Waals surface area contributed by atoms with E-state index in [0.29, 0.717) is 5.92 Å². The molecule has 0 aliphatic carbocycles. The summed E-state index contributed by atoms with van der Waals surface area (Å²) in [5, 5.41) is 1.31. The minimum Gasteiger partial charge on any atom is -0.361 e. The van der Waals surface area contributed by atoms with Gasteiger partial charge in [0.15, 0.2) is 0 Å². The quantitative estimate of drug-likeness (QED) is 0.513. The molecule has 1 saturated heterocycles. The van der Waals surface area contributed by atoms with Crippen LogP contribution in [0.15, 0.2) is 73.2 Å². The molecule has 4 nitrogen and oxygen atoms in total. The summed E-state index contributed by atoms with van der Waals surface area (Å²) in [5.41, 5.74) is 5.58. The van der Waals surface area contributed by atoms with Crippen LogP contribution in [0.1, 0.15) is 40.2 Å². The highest BCUT2D eigenvalue weighted by Gasteiger charge is 2.26. The molecule has 1 fully saturated rings. The molecule has 0 radical (unpaired) electrons. The average molecular weight is 383 g/mol. The number of aryl methyl sites for hydroxylation is 1. The summed E-state index contributed by atoms with van der Waals surface area (Å²) in [6.07, 6.45) is 8.19. The van der Waals surface area contributed by atoms with Crippen LogP contribution in [0.4, 0.5) is 0 Å². The Bertz CT molecular complexity index is 1150. The number of rotatable bonds is 3. The number of nitrogens with one attached hydrogen (secondary N) is 1. The largest absolute Gasteiger partial charge is 0.361 e. The van der Waals surface area contributed by atoms with Crippen molar-refractivity contribution < 1.29 is 4.79 Å². The van der Waals surface area contributed by atoms with Gasteiger partial charge in [-0.25, -0.2) is 0 Å². The van der Waals surface area contributed by atoms with E-state index in [1.807, 2.05) is 47.6 Å². The van der Waals surface area contributed by atoms with Crippen molar-refractivity contribution in [3.05, 3.63) is 89.9 Å². The first kappa shape index (κ1) is 17.8. The van der Waals surface area contributed by atoms with Crippen LogP contribution in [0.5, 0.6) is 0 Å². The van der Waals surface area contributed by atoms with Crippen LogP contribution in [0.3, 0.4) is 0 Å². The summed E-state index contributed by atoms with van der Waals surface area (Å²) in [7, 11) is 0. The van der Waals surface area contributed by atoms with Crippen molar-refractivity contribution in [2.24, 2.45) is 0 Å². The van der Waals surface area contributed by atoms with Gasteiger partial charge >= 0.3 is 0 Å². The predicted molar refractivity (Wildman–Crippen MR) is 117 cm³/mol. The van der Waals surface area contributed by atoms with Gasteiger partial charge in [-0.15, -0.1) is 0 Å². The molecule has 0 unspecified atom stereocenters. The number of H-pyrrole nitrogens is 1. The Morgan fingerprint density at radius 1 is 1.00 bits per heavy atom. The summed E-state index contributed by atoms with van der Waals surface area (Å²) in [6.45, 7) is 3.68. The fourth-order valence-corrected chi connectivity index (χ4v) is 4.52. The second-order valence-corrected chi connectivity index (χ2v) is 7.95. The SMILES string of the molecule is Cc1ccc(C(=O)N2CCC(c3c[nH]c4ccccc34)CC2)cc1-n1cccc1. The van der Waals surface area contributed by atoms with Crippen molar-refractivity contribution in [1.82, 2.24) is 14.5 Å². The van der Waals surface area contributed by atoms with Gasteiger partial charge in [-0.1, -0.05) is 24.3 Å². The number of carbonyl (C=O) groups is 1. The van der Waals surface area contributed by atoms with E-state index >= 15 is 0 Å². The lowest BCUT2D eigenvalue weighted by Crippen LogP contribution is -2.38. The van der Waals surface area contributed by atoms with E-state index in [2.05, 4.69) is 46.9 Å². The Morgan fingerprint density at radius 3 is 2.55 bits per heavy atom. The van der Waals surface area contributed by atoms with Crippen molar-refractivity contribution >= 4 is 16.8 Å². The van der Waals surface area contributed by atoms with E-state index in [1.165, 1.54) is 16.5 Å². The van der Waals surface area contributed by atoms with Crippen LogP contribution in [0.25, 0.3) is 16.6 Å². The van der Waals surface area contributed by atoms with Gasteiger partial charge in [0, 0.05) is 53.8 Å². The third-order valence-corrected chi connectivity index (χ3v) is 6.18. The second-order valence-electron chi connectivity index (χ2n) is 7.95. The summed E-state index contributed by atoms with van der Waals surface area (Å²) in [4.78, 5) is 18.5. The molecule has 1 amide bonds. The fourth-order valence-electron chi connectivity index (χ4n) is 4.52. The molecule has 0 bridgehead atoms. The maximum Gasteiger partial charge on any atom is 0.253 e. The first-order chi connectivity index (χ1) is 14.2. The molecule has 29 heavy (non-hydrogen) atoms. The maximum absolute atomic E-state index is 13.1. The Morgan fingerprint density at radius 2 is 1.76 bits per heavy atom. The van der Waals surface area contributed by atoms with Gasteiger partial charge in [0.2, 0.25) is 0 Å². The summed E-state index contributed by atoms with van der Waals surface area (Å²) in [5.74, 6) is 0.638. The zero-order valence-electron chi connectivity index (χ0n) is 16.6. The number of fused-ring (bicyclic) bond motifs is 1. The molecule has 2 aromatic carbocycles. The summed E-state index contributed by atoms with van der Waals surface area (Å²) >= 11 is 0. The molecule has 2 aromatic heterocycles. The van der Waals surface area contributed by atoms with Crippen LogP contribution in [-0.4, -0.2) is 33.4 Å². The van der Waals surface area contributed by atoms with Gasteiger partial charge < -0.3 is 14.5 Å². The number of aromatic nitrogens is 2. The molecule has 3 heterocycles. The third-order valence-electron chi connectivity index (χ3n) is 6.18. The molecule has 5 rings (SSSR count). The molecular formula is C25H25N3O. The molecule has 1 aliphatic rings. The number of piperidine rings is 1. The lowest BCUT2D eigenvalue weighted by atomic mass is 9.89. The van der Waals surface area contributed by atoms with Crippen LogP contribution >= 0.6 is 0 Å². The topological polar surface area (TPSA) is 41.0 Å². The predicted octanol–water partition coefficient (Wildman–Crippen LogP) is 5.29. The number of likely N-dealkylation sites (tertiary alicyclic amines) is 1. The normalized spacial score (nSPS) is 15.1. The average Bonchev–Trinajstić information content (AvgIpc) is 3.44. The van der Waals surface area contributed by atoms with Crippen LogP contribution in [-0.2, 0) is 0 Å². The van der Waals surface area contributed by atoms with E-state index < -0.39 is 0 Å². The van der Waals surface area contributed by atoms with Gasteiger partial charge in [-0.3, -0.25) is 4.79 Å².